The minimum Gasteiger partial charge on any atom is -0.394 e. The van der Waals surface area contributed by atoms with Gasteiger partial charge in [-0.2, -0.15) is 0 Å². The third-order valence-electron chi connectivity index (χ3n) is 20.3. The molecule has 74 heavy (non-hydrogen) atoms. The molecule has 0 radical (unpaired) electrons. The van der Waals surface area contributed by atoms with Gasteiger partial charge in [0.1, 0.15) is 91.6 Å². The van der Waals surface area contributed by atoms with Gasteiger partial charge in [0.2, 0.25) is 0 Å². The SMILES string of the molecule is C[C@@H]1O[C@@H]([C@]2(O)[C@H](OC[C@H]3O[C@@H](O[C@H]4CC[C@@]5(C)C(=CC[C@H]6[C@@H]7C[C@@H]8O[C@]9(CC[C@@](C)(CO[C@@H]%10O[C@H](CO)[C@@H](O)[C@H](O)[C@H]%10O)O9)[C@@H](C)[C@@H]8[C@@]7(C)CC[C@@H]65)C4)[C@H](O)[C@@H](O)[C@@H]3O)O[C@H](CO)[C@@H](O)[C@@H]2O)[C@H](O)[C@H](O)[C@H]1O. The van der Waals surface area contributed by atoms with Crippen LogP contribution in [0.2, 0.25) is 0 Å². The Balaban J connectivity index is 0.769. The zero-order chi connectivity index (χ0) is 53.4. The second kappa shape index (κ2) is 20.4. The van der Waals surface area contributed by atoms with E-state index < -0.39 is 159 Å². The molecule has 6 heterocycles. The Morgan fingerprint density at radius 2 is 1.30 bits per heavy atom. The number of hydrogen-bond acceptors (Lipinski definition) is 23. The Hall–Kier alpha value is -1.18. The minimum absolute atomic E-state index is 0.00441. The van der Waals surface area contributed by atoms with Gasteiger partial charge in [-0.15, -0.1) is 0 Å². The van der Waals surface area contributed by atoms with Gasteiger partial charge in [0.15, 0.2) is 30.3 Å². The van der Waals surface area contributed by atoms with Crippen molar-refractivity contribution in [2.75, 3.05) is 26.4 Å². The van der Waals surface area contributed by atoms with Crippen molar-refractivity contribution < 1.29 is 114 Å². The van der Waals surface area contributed by atoms with Crippen molar-refractivity contribution in [1.29, 1.82) is 0 Å². The van der Waals surface area contributed by atoms with Gasteiger partial charge < -0.3 is 114 Å². The molecule has 6 saturated heterocycles. The maximum atomic E-state index is 12.0. The molecule has 1 spiro atoms. The van der Waals surface area contributed by atoms with Gasteiger partial charge >= 0.3 is 0 Å². The fourth-order valence-corrected chi connectivity index (χ4v) is 15.9. The molecule has 9 fully saturated rings. The van der Waals surface area contributed by atoms with Crippen LogP contribution >= 0.6 is 0 Å². The maximum absolute atomic E-state index is 12.0. The summed E-state index contributed by atoms with van der Waals surface area (Å²) in [6.07, 6.45) is -22.1. The summed E-state index contributed by atoms with van der Waals surface area (Å²) in [6, 6.07) is 0. The number of hydrogen-bond donors (Lipinski definition) is 14. The quantitative estimate of drug-likeness (QED) is 0.0895. The lowest BCUT2D eigenvalue weighted by atomic mass is 9.47. The highest BCUT2D eigenvalue weighted by Gasteiger charge is 2.71. The van der Waals surface area contributed by atoms with Crippen LogP contribution in [0, 0.1) is 40.4 Å². The fraction of sp³-hybridized carbons (Fsp3) is 0.961. The summed E-state index contributed by atoms with van der Waals surface area (Å²) in [7, 11) is 0. The van der Waals surface area contributed by atoms with Crippen molar-refractivity contribution in [3.8, 4) is 0 Å². The van der Waals surface area contributed by atoms with Crippen LogP contribution in [0.3, 0.4) is 0 Å². The summed E-state index contributed by atoms with van der Waals surface area (Å²) in [4.78, 5) is 0. The van der Waals surface area contributed by atoms with Crippen LogP contribution in [0.4, 0.5) is 0 Å². The molecule has 424 valence electrons. The van der Waals surface area contributed by atoms with Crippen LogP contribution < -0.4 is 0 Å². The number of aliphatic hydroxyl groups excluding tert-OH is 13. The molecule has 23 heteroatoms. The summed E-state index contributed by atoms with van der Waals surface area (Å²) >= 11 is 0. The van der Waals surface area contributed by atoms with Crippen molar-refractivity contribution in [3.05, 3.63) is 11.6 Å². The highest BCUT2D eigenvalue weighted by Crippen LogP contribution is 2.71. The molecule has 0 amide bonds. The van der Waals surface area contributed by atoms with Gasteiger partial charge in [-0.25, -0.2) is 0 Å². The summed E-state index contributed by atoms with van der Waals surface area (Å²) < 4.78 is 55.2. The zero-order valence-electron chi connectivity index (χ0n) is 42.7. The van der Waals surface area contributed by atoms with Gasteiger partial charge in [0.25, 0.3) is 0 Å². The minimum atomic E-state index is -2.84. The third kappa shape index (κ3) is 8.91. The molecule has 14 N–H and O–H groups in total. The lowest BCUT2D eigenvalue weighted by molar-refractivity contribution is -0.391. The molecule has 10 rings (SSSR count). The molecule has 10 aliphatic rings. The van der Waals surface area contributed by atoms with E-state index in [-0.39, 0.29) is 35.4 Å². The molecule has 3 saturated carbocycles. The van der Waals surface area contributed by atoms with Crippen molar-refractivity contribution in [3.63, 3.8) is 0 Å². The normalized spacial score (nSPS) is 58.4. The Bertz CT molecular complexity index is 2020. The first kappa shape index (κ1) is 56.1. The van der Waals surface area contributed by atoms with Gasteiger partial charge in [-0.1, -0.05) is 32.4 Å². The number of fused-ring (bicyclic) bond motifs is 7. The molecule has 0 aromatic rings. The van der Waals surface area contributed by atoms with E-state index in [4.69, 9.17) is 42.6 Å². The number of aliphatic hydroxyl groups is 14. The Morgan fingerprint density at radius 3 is 2.00 bits per heavy atom. The van der Waals surface area contributed by atoms with Crippen molar-refractivity contribution in [2.45, 2.75) is 238 Å². The van der Waals surface area contributed by atoms with E-state index in [0.29, 0.717) is 43.4 Å². The van der Waals surface area contributed by atoms with Gasteiger partial charge in [-0.3, -0.25) is 0 Å². The third-order valence-corrected chi connectivity index (χ3v) is 20.3. The van der Waals surface area contributed by atoms with Gasteiger partial charge in [-0.05, 0) is 99.7 Å². The van der Waals surface area contributed by atoms with Crippen molar-refractivity contribution in [1.82, 2.24) is 0 Å². The first-order chi connectivity index (χ1) is 34.9. The molecule has 0 aromatic heterocycles. The van der Waals surface area contributed by atoms with Crippen LogP contribution in [0.25, 0.3) is 0 Å². The standard InChI is InChI=1S/C51H82O23/c1-20-31-27(73-50(20)13-12-47(3,74-50)19-67-44-40(62)37(59)33(55)28(16-52)70-44)15-26-24-7-6-22-14-23(8-10-48(22,4)25(24)9-11-49(26,31)5)69-45-41(63)38(60)34(56)30(71-45)18-66-46-51(65,42(64)35(57)29(17-53)72-46)43-39(61)36(58)32(54)21(2)68-43/h6,20-21,23-46,52-65H,7-19H2,1-5H3/t20-,21-,23-,24+,25-,26-,27-,28+,29+,30+,31-,32-,33+,34+,35+,36+,37-,38-,39+,40+,41+,42-,43+,44+,45+,46+,47-,48-,49-,50-,51-/m0/s1. The van der Waals surface area contributed by atoms with Crippen molar-refractivity contribution in [2.24, 2.45) is 40.4 Å². The smallest absolute Gasteiger partial charge is 0.192 e. The van der Waals surface area contributed by atoms with E-state index in [9.17, 15) is 71.5 Å². The van der Waals surface area contributed by atoms with Crippen LogP contribution in [-0.4, -0.2) is 244 Å². The number of rotatable bonds is 11. The van der Waals surface area contributed by atoms with Crippen LogP contribution in [0.5, 0.6) is 0 Å². The zero-order valence-corrected chi connectivity index (χ0v) is 42.7. The highest BCUT2D eigenvalue weighted by atomic mass is 16.8. The number of allylic oxidation sites excluding steroid dienone is 1. The molecule has 0 unspecified atom stereocenters. The lowest BCUT2D eigenvalue weighted by Gasteiger charge is -2.58. The van der Waals surface area contributed by atoms with Gasteiger partial charge in [0.05, 0.1) is 50.3 Å². The van der Waals surface area contributed by atoms with Crippen LogP contribution in [-0.2, 0) is 42.6 Å². The Labute approximate surface area is 429 Å². The average molecular weight is 1060 g/mol. The topological polar surface area (TPSA) is 366 Å². The van der Waals surface area contributed by atoms with Crippen LogP contribution in [0.1, 0.15) is 92.4 Å². The highest BCUT2D eigenvalue weighted by molar-refractivity contribution is 5.27. The molecule has 31 atom stereocenters. The summed E-state index contributed by atoms with van der Waals surface area (Å²) in [5.41, 5.74) is -2.46. The van der Waals surface area contributed by atoms with E-state index in [1.54, 1.807) is 0 Å². The fourth-order valence-electron chi connectivity index (χ4n) is 15.9. The first-order valence-corrected chi connectivity index (χ1v) is 26.9. The maximum Gasteiger partial charge on any atom is 0.192 e. The molecule has 6 aliphatic heterocycles. The van der Waals surface area contributed by atoms with Crippen LogP contribution in [0.15, 0.2) is 11.6 Å². The Kier molecular flexibility index (Phi) is 15.5. The Morgan fingerprint density at radius 1 is 0.649 bits per heavy atom. The molecular formula is C51H82O23. The van der Waals surface area contributed by atoms with E-state index in [1.807, 2.05) is 6.92 Å². The lowest BCUT2D eigenvalue weighted by Crippen LogP contribution is -2.77. The van der Waals surface area contributed by atoms with E-state index in [0.717, 1.165) is 32.1 Å². The largest absolute Gasteiger partial charge is 0.394 e. The molecular weight excluding hydrogens is 981 g/mol. The first-order valence-electron chi connectivity index (χ1n) is 26.9. The van der Waals surface area contributed by atoms with Gasteiger partial charge in [0, 0.05) is 12.3 Å². The second-order valence-corrected chi connectivity index (χ2v) is 24.5. The van der Waals surface area contributed by atoms with E-state index in [1.165, 1.54) is 12.5 Å². The second-order valence-electron chi connectivity index (χ2n) is 24.5. The molecule has 23 nitrogen and oxygen atoms in total. The average Bonchev–Trinajstić information content (AvgIpc) is 3.98. The number of ether oxygens (including phenoxy) is 9. The monoisotopic (exact) mass is 1060 g/mol. The van der Waals surface area contributed by atoms with Crippen molar-refractivity contribution >= 4 is 0 Å². The summed E-state index contributed by atoms with van der Waals surface area (Å²) in [5.74, 6) is 0.786. The van der Waals surface area contributed by atoms with E-state index in [2.05, 4.69) is 26.8 Å². The molecule has 0 bridgehead atoms. The molecule has 4 aliphatic carbocycles. The predicted octanol–water partition coefficient (Wildman–Crippen LogP) is -3.46. The molecule has 0 aromatic carbocycles. The summed E-state index contributed by atoms with van der Waals surface area (Å²) in [5, 5.41) is 150. The van der Waals surface area contributed by atoms with E-state index >= 15 is 0 Å². The summed E-state index contributed by atoms with van der Waals surface area (Å²) in [6.45, 7) is 8.30. The predicted molar refractivity (Wildman–Crippen MR) is 248 cm³/mol.